The summed E-state index contributed by atoms with van der Waals surface area (Å²) in [6.07, 6.45) is 5.65. The number of methoxy groups -OCH3 is 1. The van der Waals surface area contributed by atoms with Gasteiger partial charge < -0.3 is 14.4 Å². The number of nitrogens with zero attached hydrogens (tertiary/aromatic N) is 5. The first-order chi connectivity index (χ1) is 18.4. The van der Waals surface area contributed by atoms with Crippen LogP contribution in [0, 0.1) is 0 Å². The summed E-state index contributed by atoms with van der Waals surface area (Å²) in [4.78, 5) is 22.4. The van der Waals surface area contributed by atoms with E-state index in [9.17, 15) is 4.79 Å². The minimum absolute atomic E-state index is 0.0343. The molecule has 1 saturated carbocycles. The third-order valence-corrected chi connectivity index (χ3v) is 7.88. The van der Waals surface area contributed by atoms with Crippen molar-refractivity contribution in [3.63, 3.8) is 0 Å². The standard InChI is InChI=1S/C30H41N5O3/c1-20(2)33-15-17-34(18-16-33)23-13-11-22(12-14-23)25-19-26(30(36)37-5)31-28-27(25)29(38-21(3)4)32-35(28)24-9-7-6-8-10-24/h11-14,19-21,24H,6-10,15-18H2,1-5H3. The van der Waals surface area contributed by atoms with Crippen molar-refractivity contribution >= 4 is 22.7 Å². The predicted octanol–water partition coefficient (Wildman–Crippen LogP) is 5.71. The molecule has 3 heterocycles. The molecular formula is C30H41N5O3. The Kier molecular flexibility index (Phi) is 7.88. The van der Waals surface area contributed by atoms with E-state index in [-0.39, 0.29) is 17.8 Å². The molecule has 1 aliphatic carbocycles. The lowest BCUT2D eigenvalue weighted by atomic mass is 9.95. The van der Waals surface area contributed by atoms with Gasteiger partial charge in [-0.3, -0.25) is 4.90 Å². The third-order valence-electron chi connectivity index (χ3n) is 7.88. The van der Waals surface area contributed by atoms with Crippen LogP contribution in [0.15, 0.2) is 30.3 Å². The smallest absolute Gasteiger partial charge is 0.356 e. The molecular weight excluding hydrogens is 478 g/mol. The van der Waals surface area contributed by atoms with Crippen LogP contribution in [0.25, 0.3) is 22.2 Å². The average molecular weight is 520 g/mol. The fraction of sp³-hybridized carbons (Fsp3) is 0.567. The number of hydrogen-bond donors (Lipinski definition) is 0. The molecule has 1 aromatic carbocycles. The third kappa shape index (κ3) is 5.37. The van der Waals surface area contributed by atoms with Crippen molar-refractivity contribution in [3.05, 3.63) is 36.0 Å². The van der Waals surface area contributed by atoms with Gasteiger partial charge in [0, 0.05) is 43.5 Å². The molecule has 2 fully saturated rings. The van der Waals surface area contributed by atoms with Crippen LogP contribution in [0.3, 0.4) is 0 Å². The second kappa shape index (κ2) is 11.3. The molecule has 0 atom stereocenters. The average Bonchev–Trinajstić information content (AvgIpc) is 3.30. The number of piperazine rings is 1. The summed E-state index contributed by atoms with van der Waals surface area (Å²) in [6, 6.07) is 11.3. The maximum absolute atomic E-state index is 12.7. The van der Waals surface area contributed by atoms with Gasteiger partial charge in [-0.25, -0.2) is 14.5 Å². The van der Waals surface area contributed by atoms with E-state index in [1.165, 1.54) is 32.1 Å². The quantitative estimate of drug-likeness (QED) is 0.370. The number of hydrogen-bond acceptors (Lipinski definition) is 7. The molecule has 0 unspecified atom stereocenters. The number of esters is 1. The van der Waals surface area contributed by atoms with Gasteiger partial charge in [-0.1, -0.05) is 31.4 Å². The van der Waals surface area contributed by atoms with E-state index in [0.717, 1.165) is 55.5 Å². The van der Waals surface area contributed by atoms with E-state index < -0.39 is 5.97 Å². The Bertz CT molecular complexity index is 1250. The molecule has 5 rings (SSSR count). The maximum atomic E-state index is 12.7. The van der Waals surface area contributed by atoms with Crippen molar-refractivity contribution in [1.82, 2.24) is 19.7 Å². The highest BCUT2D eigenvalue weighted by Crippen LogP contribution is 2.39. The fourth-order valence-electron chi connectivity index (χ4n) is 5.77. The second-order valence-corrected chi connectivity index (χ2v) is 11.1. The van der Waals surface area contributed by atoms with Crippen LogP contribution in [0.5, 0.6) is 5.88 Å². The van der Waals surface area contributed by atoms with Crippen molar-refractivity contribution in [3.8, 4) is 17.0 Å². The molecule has 8 heteroatoms. The molecule has 0 spiro atoms. The monoisotopic (exact) mass is 519 g/mol. The largest absolute Gasteiger partial charge is 0.473 e. The van der Waals surface area contributed by atoms with Crippen molar-refractivity contribution < 1.29 is 14.3 Å². The number of pyridine rings is 1. The van der Waals surface area contributed by atoms with Crippen LogP contribution in [0.1, 0.15) is 76.3 Å². The summed E-state index contributed by atoms with van der Waals surface area (Å²) in [7, 11) is 1.40. The number of fused-ring (bicyclic) bond motifs is 1. The van der Waals surface area contributed by atoms with Gasteiger partial charge in [0.05, 0.1) is 24.6 Å². The zero-order valence-electron chi connectivity index (χ0n) is 23.4. The van der Waals surface area contributed by atoms with Gasteiger partial charge in [-0.15, -0.1) is 5.10 Å². The van der Waals surface area contributed by atoms with Crippen LogP contribution >= 0.6 is 0 Å². The summed E-state index contributed by atoms with van der Waals surface area (Å²) in [5.74, 6) is 0.129. The highest BCUT2D eigenvalue weighted by Gasteiger charge is 2.27. The summed E-state index contributed by atoms with van der Waals surface area (Å²) in [6.45, 7) is 12.7. The normalized spacial score (nSPS) is 17.5. The van der Waals surface area contributed by atoms with Gasteiger partial charge >= 0.3 is 5.97 Å². The van der Waals surface area contributed by atoms with E-state index in [2.05, 4.69) is 47.9 Å². The van der Waals surface area contributed by atoms with E-state index in [1.54, 1.807) is 0 Å². The number of ether oxygens (including phenoxy) is 2. The minimum atomic E-state index is -0.449. The first-order valence-corrected chi connectivity index (χ1v) is 14.1. The summed E-state index contributed by atoms with van der Waals surface area (Å²) < 4.78 is 13.3. The van der Waals surface area contributed by atoms with Crippen molar-refractivity contribution in [2.24, 2.45) is 0 Å². The van der Waals surface area contributed by atoms with Gasteiger partial charge in [0.25, 0.3) is 0 Å². The Labute approximate surface area is 225 Å². The molecule has 0 bridgehead atoms. The lowest BCUT2D eigenvalue weighted by Crippen LogP contribution is -2.48. The Balaban J connectivity index is 1.57. The van der Waals surface area contributed by atoms with Crippen molar-refractivity contribution in [1.29, 1.82) is 0 Å². The first-order valence-electron chi connectivity index (χ1n) is 14.1. The SMILES string of the molecule is COC(=O)c1cc(-c2ccc(N3CCN(C(C)C)CC3)cc2)c2c(OC(C)C)nn(C3CCCCC3)c2n1. The van der Waals surface area contributed by atoms with Gasteiger partial charge in [0.15, 0.2) is 11.3 Å². The minimum Gasteiger partial charge on any atom is -0.473 e. The fourth-order valence-corrected chi connectivity index (χ4v) is 5.77. The zero-order chi connectivity index (χ0) is 26.8. The molecule has 8 nitrogen and oxygen atoms in total. The number of carbonyl (C=O) groups is 1. The van der Waals surface area contributed by atoms with Crippen molar-refractivity contribution in [2.75, 3.05) is 38.2 Å². The van der Waals surface area contributed by atoms with E-state index in [1.807, 2.05) is 24.6 Å². The van der Waals surface area contributed by atoms with Crippen molar-refractivity contribution in [2.45, 2.75) is 78.0 Å². The molecule has 0 amide bonds. The summed E-state index contributed by atoms with van der Waals surface area (Å²) in [5.41, 5.74) is 4.09. The van der Waals surface area contributed by atoms with E-state index >= 15 is 0 Å². The Morgan fingerprint density at radius 2 is 1.66 bits per heavy atom. The molecule has 0 N–H and O–H groups in total. The maximum Gasteiger partial charge on any atom is 0.356 e. The number of anilines is 1. The molecule has 38 heavy (non-hydrogen) atoms. The van der Waals surface area contributed by atoms with E-state index in [0.29, 0.717) is 17.6 Å². The van der Waals surface area contributed by atoms with Crippen LogP contribution in [0.4, 0.5) is 5.69 Å². The summed E-state index contributed by atoms with van der Waals surface area (Å²) in [5, 5.41) is 5.80. The lowest BCUT2D eigenvalue weighted by Gasteiger charge is -2.38. The second-order valence-electron chi connectivity index (χ2n) is 11.1. The lowest BCUT2D eigenvalue weighted by molar-refractivity contribution is 0.0594. The van der Waals surface area contributed by atoms with Gasteiger partial charge in [0.1, 0.15) is 0 Å². The topological polar surface area (TPSA) is 72.7 Å². The number of rotatable bonds is 7. The van der Waals surface area contributed by atoms with Gasteiger partial charge in [0.2, 0.25) is 5.88 Å². The van der Waals surface area contributed by atoms with Crippen LogP contribution in [0.2, 0.25) is 0 Å². The zero-order valence-corrected chi connectivity index (χ0v) is 23.4. The molecule has 2 aliphatic rings. The number of benzene rings is 1. The Morgan fingerprint density at radius 1 is 0.974 bits per heavy atom. The predicted molar refractivity (Wildman–Crippen MR) is 151 cm³/mol. The molecule has 2 aromatic heterocycles. The van der Waals surface area contributed by atoms with Crippen LogP contribution in [-0.2, 0) is 4.74 Å². The molecule has 1 saturated heterocycles. The molecule has 3 aromatic rings. The number of aromatic nitrogens is 3. The highest BCUT2D eigenvalue weighted by molar-refractivity contribution is 6.01. The van der Waals surface area contributed by atoms with E-state index in [4.69, 9.17) is 19.6 Å². The van der Waals surface area contributed by atoms with Gasteiger partial charge in [-0.05, 0) is 64.3 Å². The molecule has 1 aliphatic heterocycles. The Morgan fingerprint density at radius 3 is 2.26 bits per heavy atom. The molecule has 0 radical (unpaired) electrons. The van der Waals surface area contributed by atoms with Crippen LogP contribution < -0.4 is 9.64 Å². The summed E-state index contributed by atoms with van der Waals surface area (Å²) >= 11 is 0. The Hall–Kier alpha value is -3.13. The molecule has 204 valence electrons. The van der Waals surface area contributed by atoms with Crippen LogP contribution in [-0.4, -0.2) is 71.1 Å². The van der Waals surface area contributed by atoms with Gasteiger partial charge in [-0.2, -0.15) is 0 Å². The highest BCUT2D eigenvalue weighted by atomic mass is 16.5. The first kappa shape index (κ1) is 26.5. The number of carbonyl (C=O) groups excluding carboxylic acids is 1.